The lowest BCUT2D eigenvalue weighted by Gasteiger charge is -2.46. The van der Waals surface area contributed by atoms with Gasteiger partial charge in [-0.1, -0.05) is 23.7 Å². The Hall–Kier alpha value is -3.00. The van der Waals surface area contributed by atoms with Gasteiger partial charge in [0, 0.05) is 17.8 Å². The van der Waals surface area contributed by atoms with E-state index in [1.54, 1.807) is 18.0 Å². The van der Waals surface area contributed by atoms with Crippen LogP contribution >= 0.6 is 11.6 Å². The van der Waals surface area contributed by atoms with Gasteiger partial charge in [0.05, 0.1) is 39.3 Å². The fourth-order valence-electron chi connectivity index (χ4n) is 4.96. The number of hydrogen-bond acceptors (Lipinski definition) is 4. The van der Waals surface area contributed by atoms with E-state index in [2.05, 4.69) is 15.0 Å². The lowest BCUT2D eigenvalue weighted by atomic mass is 9.81. The molecule has 0 N–H and O–H groups in total. The largest absolute Gasteiger partial charge is 0.417 e. The third kappa shape index (κ3) is 3.76. The molecule has 3 aromatic rings. The van der Waals surface area contributed by atoms with Crippen molar-refractivity contribution in [2.75, 3.05) is 0 Å². The minimum atomic E-state index is -4.64. The molecule has 1 aromatic carbocycles. The number of aryl methyl sites for hydroxylation is 1. The Morgan fingerprint density at radius 1 is 1.12 bits per heavy atom. The maximum atomic E-state index is 13.6. The van der Waals surface area contributed by atoms with Crippen LogP contribution in [0, 0.1) is 6.92 Å². The lowest BCUT2D eigenvalue weighted by molar-refractivity contribution is -0.137. The molecule has 2 aliphatic heterocycles. The molecule has 2 aromatic heterocycles. The number of nitrogens with zero attached hydrogens (tertiary/aromatic N) is 4. The molecule has 2 bridgehead atoms. The molecule has 2 atom stereocenters. The van der Waals surface area contributed by atoms with Crippen LogP contribution in [0.4, 0.5) is 13.2 Å². The second kappa shape index (κ2) is 8.09. The maximum Gasteiger partial charge on any atom is 0.417 e. The standard InChI is InChI=1S/C24H20ClF3N4O/c1-13-30-21(18-9-2-3-11-29-18)16-12-14-6-4-10-19(22(16)31-13)32(14)23(33)15-7-5-8-17(20(15)25)24(26,27)28/h2-3,5,7-9,11,14,19H,4,6,10,12H2,1H3/t14-,19+/m0/s1. The second-order valence-corrected chi connectivity index (χ2v) is 8.76. The van der Waals surface area contributed by atoms with Crippen LogP contribution in [0.25, 0.3) is 11.4 Å². The van der Waals surface area contributed by atoms with E-state index in [1.807, 2.05) is 18.2 Å². The predicted molar refractivity (Wildman–Crippen MR) is 117 cm³/mol. The monoisotopic (exact) mass is 472 g/mol. The number of piperidine rings is 1. The molecule has 0 spiro atoms. The summed E-state index contributed by atoms with van der Waals surface area (Å²) >= 11 is 6.09. The second-order valence-electron chi connectivity index (χ2n) is 8.38. The summed E-state index contributed by atoms with van der Waals surface area (Å²) in [7, 11) is 0. The average Bonchev–Trinajstić information content (AvgIpc) is 2.78. The summed E-state index contributed by atoms with van der Waals surface area (Å²) < 4.78 is 40.1. The molecule has 9 heteroatoms. The Balaban J connectivity index is 1.60. The van der Waals surface area contributed by atoms with Crippen LogP contribution in [0.2, 0.25) is 5.02 Å². The van der Waals surface area contributed by atoms with Crippen molar-refractivity contribution in [1.29, 1.82) is 0 Å². The van der Waals surface area contributed by atoms with Gasteiger partial charge in [0.15, 0.2) is 0 Å². The Labute approximate surface area is 193 Å². The Morgan fingerprint density at radius 2 is 1.94 bits per heavy atom. The van der Waals surface area contributed by atoms with Crippen molar-refractivity contribution < 1.29 is 18.0 Å². The topological polar surface area (TPSA) is 59.0 Å². The molecule has 33 heavy (non-hydrogen) atoms. The molecule has 1 saturated heterocycles. The third-order valence-corrected chi connectivity index (χ3v) is 6.73. The quantitative estimate of drug-likeness (QED) is 0.472. The van der Waals surface area contributed by atoms with Crippen LogP contribution in [0.1, 0.15) is 58.3 Å². The summed E-state index contributed by atoms with van der Waals surface area (Å²) in [6.45, 7) is 1.79. The smallest absolute Gasteiger partial charge is 0.327 e. The van der Waals surface area contributed by atoms with Gasteiger partial charge in [-0.3, -0.25) is 9.78 Å². The summed E-state index contributed by atoms with van der Waals surface area (Å²) in [5.74, 6) is 0.0602. The van der Waals surface area contributed by atoms with E-state index < -0.39 is 22.7 Å². The van der Waals surface area contributed by atoms with Crippen molar-refractivity contribution in [3.63, 3.8) is 0 Å². The van der Waals surface area contributed by atoms with E-state index in [1.165, 1.54) is 12.1 Å². The summed E-state index contributed by atoms with van der Waals surface area (Å²) in [5.41, 5.74) is 2.04. The summed E-state index contributed by atoms with van der Waals surface area (Å²) in [6.07, 6.45) is -0.108. The van der Waals surface area contributed by atoms with Crippen LogP contribution in [0.3, 0.4) is 0 Å². The van der Waals surface area contributed by atoms with Gasteiger partial charge in [-0.25, -0.2) is 9.97 Å². The SMILES string of the molecule is Cc1nc(-c2ccccn2)c2c(n1)[C@H]1CCC[C@@H](C2)N1C(=O)c1cccc(C(F)(F)F)c1Cl. The fraction of sp³-hybridized carbons (Fsp3) is 0.333. The maximum absolute atomic E-state index is 13.6. The van der Waals surface area contributed by atoms with Gasteiger partial charge in [0.25, 0.3) is 5.91 Å². The number of rotatable bonds is 2. The molecule has 0 saturated carbocycles. The average molecular weight is 473 g/mol. The molecular formula is C24H20ClF3N4O. The van der Waals surface area contributed by atoms with Crippen molar-refractivity contribution >= 4 is 17.5 Å². The number of fused-ring (bicyclic) bond motifs is 4. The van der Waals surface area contributed by atoms with Crippen LogP contribution < -0.4 is 0 Å². The van der Waals surface area contributed by atoms with E-state index in [0.717, 1.165) is 41.6 Å². The van der Waals surface area contributed by atoms with Crippen molar-refractivity contribution in [3.05, 3.63) is 75.8 Å². The van der Waals surface area contributed by atoms with E-state index >= 15 is 0 Å². The van der Waals surface area contributed by atoms with Gasteiger partial charge < -0.3 is 4.90 Å². The summed E-state index contributed by atoms with van der Waals surface area (Å²) in [5, 5.41) is -0.563. The first kappa shape index (κ1) is 21.8. The minimum Gasteiger partial charge on any atom is -0.327 e. The van der Waals surface area contributed by atoms with Gasteiger partial charge in [-0.2, -0.15) is 13.2 Å². The Kier molecular flexibility index (Phi) is 5.35. The zero-order chi connectivity index (χ0) is 23.3. The number of hydrogen-bond donors (Lipinski definition) is 0. The number of carbonyl (C=O) groups is 1. The summed E-state index contributed by atoms with van der Waals surface area (Å²) in [6, 6.07) is 8.55. The number of halogens is 4. The Bertz CT molecular complexity index is 1230. The van der Waals surface area contributed by atoms with Crippen LogP contribution in [-0.2, 0) is 12.6 Å². The van der Waals surface area contributed by atoms with E-state index in [4.69, 9.17) is 11.6 Å². The van der Waals surface area contributed by atoms with Crippen LogP contribution in [0.5, 0.6) is 0 Å². The van der Waals surface area contributed by atoms with Gasteiger partial charge in [0.1, 0.15) is 5.82 Å². The first-order valence-electron chi connectivity index (χ1n) is 10.7. The van der Waals surface area contributed by atoms with Gasteiger partial charge >= 0.3 is 6.18 Å². The molecule has 0 radical (unpaired) electrons. The van der Waals surface area contributed by atoms with Crippen molar-refractivity contribution in [2.24, 2.45) is 0 Å². The highest BCUT2D eigenvalue weighted by atomic mass is 35.5. The molecule has 5 nitrogen and oxygen atoms in total. The Morgan fingerprint density at radius 3 is 2.67 bits per heavy atom. The molecule has 0 unspecified atom stereocenters. The van der Waals surface area contributed by atoms with Crippen molar-refractivity contribution in [3.8, 4) is 11.4 Å². The van der Waals surface area contributed by atoms with E-state index in [9.17, 15) is 18.0 Å². The first-order valence-corrected chi connectivity index (χ1v) is 11.1. The molecule has 170 valence electrons. The highest BCUT2D eigenvalue weighted by Crippen LogP contribution is 2.45. The molecule has 4 heterocycles. The number of carbonyl (C=O) groups excluding carboxylic acids is 1. The molecule has 1 amide bonds. The highest BCUT2D eigenvalue weighted by Gasteiger charge is 2.44. The molecule has 2 aliphatic rings. The van der Waals surface area contributed by atoms with Gasteiger partial charge in [-0.15, -0.1) is 0 Å². The zero-order valence-electron chi connectivity index (χ0n) is 17.7. The summed E-state index contributed by atoms with van der Waals surface area (Å²) in [4.78, 5) is 29.0. The highest BCUT2D eigenvalue weighted by molar-refractivity contribution is 6.34. The minimum absolute atomic E-state index is 0.137. The van der Waals surface area contributed by atoms with Crippen molar-refractivity contribution in [1.82, 2.24) is 19.9 Å². The fourth-order valence-corrected chi connectivity index (χ4v) is 5.27. The number of aromatic nitrogens is 3. The van der Waals surface area contributed by atoms with E-state index in [-0.39, 0.29) is 17.6 Å². The number of alkyl halides is 3. The zero-order valence-corrected chi connectivity index (χ0v) is 18.5. The molecule has 1 fully saturated rings. The van der Waals surface area contributed by atoms with Crippen molar-refractivity contribution in [2.45, 2.75) is 50.9 Å². The number of benzene rings is 1. The number of pyridine rings is 1. The van der Waals surface area contributed by atoms with E-state index in [0.29, 0.717) is 18.7 Å². The van der Waals surface area contributed by atoms with Crippen LogP contribution in [0.15, 0.2) is 42.6 Å². The lowest BCUT2D eigenvalue weighted by Crippen LogP contribution is -2.50. The van der Waals surface area contributed by atoms with Gasteiger partial charge in [-0.05, 0) is 56.9 Å². The third-order valence-electron chi connectivity index (χ3n) is 6.33. The molecule has 5 rings (SSSR count). The number of amides is 1. The predicted octanol–water partition coefficient (Wildman–Crippen LogP) is 5.81. The van der Waals surface area contributed by atoms with Gasteiger partial charge in [0.2, 0.25) is 0 Å². The van der Waals surface area contributed by atoms with Crippen LogP contribution in [-0.4, -0.2) is 31.8 Å². The molecule has 0 aliphatic carbocycles. The molecular weight excluding hydrogens is 453 g/mol. The normalized spacial score (nSPS) is 19.8. The first-order chi connectivity index (χ1) is 15.8.